The molecule has 0 spiro atoms. The first-order chi connectivity index (χ1) is 19.4. The molecule has 0 aliphatic carbocycles. The summed E-state index contributed by atoms with van der Waals surface area (Å²) in [5.41, 5.74) is 3.90. The molecule has 5 aromatic rings. The van der Waals surface area contributed by atoms with Gasteiger partial charge in [-0.2, -0.15) is 5.26 Å². The highest BCUT2D eigenvalue weighted by Crippen LogP contribution is 2.45. The molecule has 0 fully saturated rings. The number of carbonyl (C=O) groups excluding carboxylic acids is 1. The van der Waals surface area contributed by atoms with Crippen LogP contribution in [0, 0.1) is 24.1 Å². The number of anilines is 1. The zero-order valence-corrected chi connectivity index (χ0v) is 22.0. The first-order valence-corrected chi connectivity index (χ1v) is 12.9. The molecule has 1 aliphatic rings. The number of methoxy groups -OCH3 is 1. The number of nitrogens with one attached hydrogen (secondary N) is 1. The van der Waals surface area contributed by atoms with Crippen molar-refractivity contribution in [2.24, 2.45) is 0 Å². The van der Waals surface area contributed by atoms with Crippen LogP contribution in [0.3, 0.4) is 0 Å². The molecule has 0 saturated carbocycles. The van der Waals surface area contributed by atoms with Crippen LogP contribution in [-0.4, -0.2) is 47.5 Å². The number of ether oxygens (including phenoxy) is 4. The zero-order valence-electron chi connectivity index (χ0n) is 21.2. The number of nitrogens with zero attached hydrogens (tertiary/aromatic N) is 4. The van der Waals surface area contributed by atoms with E-state index >= 15 is 4.39 Å². The number of benzene rings is 3. The summed E-state index contributed by atoms with van der Waals surface area (Å²) in [6, 6.07) is 13.5. The van der Waals surface area contributed by atoms with E-state index in [2.05, 4.69) is 20.3 Å². The number of thiazole rings is 1. The topological polar surface area (TPSA) is 128 Å². The third kappa shape index (κ3) is 4.78. The molecule has 1 aliphatic heterocycles. The molecule has 3 heterocycles. The normalized spacial score (nSPS) is 14.1. The summed E-state index contributed by atoms with van der Waals surface area (Å²) in [6.07, 6.45) is 0.156. The Hall–Kier alpha value is -5.02. The van der Waals surface area contributed by atoms with Crippen LogP contribution in [0.1, 0.15) is 11.1 Å². The van der Waals surface area contributed by atoms with E-state index in [1.165, 1.54) is 36.8 Å². The van der Waals surface area contributed by atoms with Crippen molar-refractivity contribution < 1.29 is 28.1 Å². The Morgan fingerprint density at radius 3 is 2.95 bits per heavy atom. The van der Waals surface area contributed by atoms with Crippen LogP contribution in [0.25, 0.3) is 31.8 Å². The minimum atomic E-state index is -0.718. The van der Waals surface area contributed by atoms with Gasteiger partial charge < -0.3 is 18.9 Å². The highest BCUT2D eigenvalue weighted by molar-refractivity contribution is 7.22. The number of carbonyl (C=O) groups is 1. The zero-order chi connectivity index (χ0) is 27.8. The lowest BCUT2D eigenvalue weighted by molar-refractivity contribution is 0.0381. The van der Waals surface area contributed by atoms with E-state index in [0.29, 0.717) is 49.2 Å². The molecule has 40 heavy (non-hydrogen) atoms. The Bertz CT molecular complexity index is 1840. The quantitative estimate of drug-likeness (QED) is 0.293. The van der Waals surface area contributed by atoms with Crippen LogP contribution in [0.5, 0.6) is 17.4 Å². The summed E-state index contributed by atoms with van der Waals surface area (Å²) in [4.78, 5) is 25.8. The predicted octanol–water partition coefficient (Wildman–Crippen LogP) is 5.62. The van der Waals surface area contributed by atoms with Crippen molar-refractivity contribution in [1.82, 2.24) is 15.0 Å². The van der Waals surface area contributed by atoms with Crippen LogP contribution < -0.4 is 19.5 Å². The molecule has 0 unspecified atom stereocenters. The maximum atomic E-state index is 15.2. The lowest BCUT2D eigenvalue weighted by Gasteiger charge is -2.26. The summed E-state index contributed by atoms with van der Waals surface area (Å²) < 4.78 is 38.0. The summed E-state index contributed by atoms with van der Waals surface area (Å²) >= 11 is 1.26. The number of rotatable bonds is 5. The maximum Gasteiger partial charge on any atom is 0.411 e. The fourth-order valence-electron chi connectivity index (χ4n) is 4.31. The molecule has 0 saturated heterocycles. The Kier molecular flexibility index (Phi) is 6.49. The first-order valence-electron chi connectivity index (χ1n) is 12.1. The molecule has 0 radical (unpaired) electrons. The number of aromatic nitrogens is 3. The highest BCUT2D eigenvalue weighted by Gasteiger charge is 2.28. The molecule has 12 heteroatoms. The van der Waals surface area contributed by atoms with Crippen molar-refractivity contribution in [1.29, 1.82) is 5.26 Å². The number of halogens is 1. The largest absolute Gasteiger partial charge is 0.484 e. The molecule has 200 valence electrons. The Labute approximate surface area is 230 Å². The van der Waals surface area contributed by atoms with E-state index in [9.17, 15) is 4.79 Å². The summed E-state index contributed by atoms with van der Waals surface area (Å²) in [6.45, 7) is 1.88. The smallest absolute Gasteiger partial charge is 0.411 e. The number of nitriles is 1. The van der Waals surface area contributed by atoms with Gasteiger partial charge in [0.25, 0.3) is 0 Å². The van der Waals surface area contributed by atoms with Crippen molar-refractivity contribution in [2.75, 3.05) is 25.6 Å². The lowest BCUT2D eigenvalue weighted by Crippen LogP contribution is -2.35. The van der Waals surface area contributed by atoms with Gasteiger partial charge in [0.1, 0.15) is 28.4 Å². The summed E-state index contributed by atoms with van der Waals surface area (Å²) in [5, 5.41) is 12.1. The van der Waals surface area contributed by atoms with E-state index in [0.717, 1.165) is 5.56 Å². The van der Waals surface area contributed by atoms with Gasteiger partial charge in [-0.05, 0) is 42.8 Å². The van der Waals surface area contributed by atoms with Crippen LogP contribution >= 0.6 is 11.3 Å². The van der Waals surface area contributed by atoms with Crippen molar-refractivity contribution in [3.8, 4) is 34.0 Å². The minimum absolute atomic E-state index is 0.0802. The standard InChI is InChI=1S/C28H20FN5O5S/c1-14-6-18(23-20(7-14)33-22(36-2)11-31-23)27-34-24-19(29)9-21-25(26(24)40-27)37-12-17(39-21)13-38-28(35)32-16-5-3-4-15(8-16)10-30/h3-9,11,17H,12-13H2,1-2H3,(H,32,35)/t17-/m1/s1. The van der Waals surface area contributed by atoms with Crippen molar-refractivity contribution in [2.45, 2.75) is 13.0 Å². The number of fused-ring (bicyclic) bond motifs is 4. The highest BCUT2D eigenvalue weighted by atomic mass is 32.1. The summed E-state index contributed by atoms with van der Waals surface area (Å²) in [5.74, 6) is 0.393. The molecule has 1 atom stereocenters. The van der Waals surface area contributed by atoms with Gasteiger partial charge in [0.2, 0.25) is 5.88 Å². The van der Waals surface area contributed by atoms with Crippen molar-refractivity contribution >= 4 is 44.4 Å². The van der Waals surface area contributed by atoms with Gasteiger partial charge in [-0.15, -0.1) is 11.3 Å². The maximum absolute atomic E-state index is 15.2. The van der Waals surface area contributed by atoms with Gasteiger partial charge >= 0.3 is 6.09 Å². The van der Waals surface area contributed by atoms with Crippen LogP contribution in [0.15, 0.2) is 48.7 Å². The third-order valence-electron chi connectivity index (χ3n) is 6.10. The number of hydrogen-bond acceptors (Lipinski definition) is 10. The average molecular weight is 558 g/mol. The number of aryl methyl sites for hydroxylation is 1. The predicted molar refractivity (Wildman–Crippen MR) is 145 cm³/mol. The van der Waals surface area contributed by atoms with Gasteiger partial charge in [-0.3, -0.25) is 5.32 Å². The van der Waals surface area contributed by atoms with E-state index in [1.54, 1.807) is 18.2 Å². The fourth-order valence-corrected chi connectivity index (χ4v) is 5.39. The van der Waals surface area contributed by atoms with Gasteiger partial charge in [-0.1, -0.05) is 6.07 Å². The molecule has 3 aromatic carbocycles. The average Bonchev–Trinajstić information content (AvgIpc) is 3.41. The molecular weight excluding hydrogens is 537 g/mol. The SMILES string of the molecule is COc1cnc2c(-c3nc4c(F)cc5c(c4s3)OC[C@H](COC(=O)Nc3cccc(C#N)c3)O5)cc(C)cc2n1. The van der Waals surface area contributed by atoms with Crippen LogP contribution in [0.4, 0.5) is 14.9 Å². The van der Waals surface area contributed by atoms with Gasteiger partial charge in [0.05, 0.1) is 36.0 Å². The molecule has 1 amide bonds. The number of amides is 1. The fraction of sp³-hybridized carbons (Fsp3) is 0.179. The first kappa shape index (κ1) is 25.3. The van der Waals surface area contributed by atoms with Crippen LogP contribution in [0.2, 0.25) is 0 Å². The summed E-state index contributed by atoms with van der Waals surface area (Å²) in [7, 11) is 1.52. The van der Waals surface area contributed by atoms with E-state index < -0.39 is 18.0 Å². The Balaban J connectivity index is 1.23. The van der Waals surface area contributed by atoms with E-state index in [-0.39, 0.29) is 24.5 Å². The lowest BCUT2D eigenvalue weighted by atomic mass is 10.1. The third-order valence-corrected chi connectivity index (χ3v) is 7.18. The van der Waals surface area contributed by atoms with E-state index in [1.807, 2.05) is 25.1 Å². The second kappa shape index (κ2) is 10.3. The molecule has 1 N–H and O–H groups in total. The Morgan fingerprint density at radius 2 is 2.12 bits per heavy atom. The molecule has 6 rings (SSSR count). The van der Waals surface area contributed by atoms with Crippen LogP contribution in [-0.2, 0) is 4.74 Å². The van der Waals surface area contributed by atoms with Gasteiger partial charge in [0.15, 0.2) is 23.4 Å². The number of hydrogen-bond donors (Lipinski definition) is 1. The molecule has 2 aromatic heterocycles. The second-order valence-corrected chi connectivity index (χ2v) is 9.94. The molecular formula is C28H20FN5O5S. The van der Waals surface area contributed by atoms with E-state index in [4.69, 9.17) is 24.2 Å². The molecule has 10 nitrogen and oxygen atoms in total. The van der Waals surface area contributed by atoms with Gasteiger partial charge in [-0.25, -0.2) is 24.1 Å². The molecule has 0 bridgehead atoms. The second-order valence-electron chi connectivity index (χ2n) is 8.94. The van der Waals surface area contributed by atoms with Crippen molar-refractivity contribution in [3.05, 3.63) is 65.6 Å². The van der Waals surface area contributed by atoms with Crippen molar-refractivity contribution in [3.63, 3.8) is 0 Å². The minimum Gasteiger partial charge on any atom is -0.484 e. The monoisotopic (exact) mass is 557 g/mol. The Morgan fingerprint density at radius 1 is 1.25 bits per heavy atom. The van der Waals surface area contributed by atoms with Gasteiger partial charge in [0, 0.05) is 17.3 Å².